The molecule has 0 amide bonds. The van der Waals surface area contributed by atoms with Crippen molar-refractivity contribution in [3.63, 3.8) is 0 Å². The summed E-state index contributed by atoms with van der Waals surface area (Å²) in [7, 11) is 0. The SMILES string of the molecule is Nc1cn(-c2cccc(Br)c2)nc1-c1ccc(Br)cc1F. The van der Waals surface area contributed by atoms with Crippen LogP contribution in [0.4, 0.5) is 10.1 Å². The van der Waals surface area contributed by atoms with E-state index in [0.717, 1.165) is 10.2 Å². The molecule has 3 nitrogen and oxygen atoms in total. The first kappa shape index (κ1) is 14.3. The Hall–Kier alpha value is -1.66. The molecule has 3 rings (SSSR count). The molecule has 0 aliphatic rings. The quantitative estimate of drug-likeness (QED) is 0.660. The minimum Gasteiger partial charge on any atom is -0.396 e. The van der Waals surface area contributed by atoms with Gasteiger partial charge in [0.1, 0.15) is 11.5 Å². The molecule has 0 spiro atoms. The second kappa shape index (κ2) is 5.61. The van der Waals surface area contributed by atoms with Crippen molar-refractivity contribution < 1.29 is 4.39 Å². The van der Waals surface area contributed by atoms with Gasteiger partial charge in [0.05, 0.1) is 17.6 Å². The summed E-state index contributed by atoms with van der Waals surface area (Å²) >= 11 is 6.65. The van der Waals surface area contributed by atoms with Gasteiger partial charge in [-0.05, 0) is 36.4 Å². The standard InChI is InChI=1S/C15H10Br2FN3/c16-9-2-1-3-11(6-9)21-8-14(19)15(20-21)12-5-4-10(17)7-13(12)18/h1-8H,19H2. The molecule has 1 heterocycles. The largest absolute Gasteiger partial charge is 0.396 e. The van der Waals surface area contributed by atoms with Crippen LogP contribution in [0.15, 0.2) is 57.6 Å². The van der Waals surface area contributed by atoms with Gasteiger partial charge in [-0.2, -0.15) is 5.10 Å². The summed E-state index contributed by atoms with van der Waals surface area (Å²) in [6, 6.07) is 12.4. The number of halogens is 3. The van der Waals surface area contributed by atoms with Crippen LogP contribution >= 0.6 is 31.9 Å². The van der Waals surface area contributed by atoms with Gasteiger partial charge in [0.25, 0.3) is 0 Å². The Morgan fingerprint density at radius 2 is 1.81 bits per heavy atom. The number of nitrogen functional groups attached to an aromatic ring is 1. The maximum atomic E-state index is 14.0. The summed E-state index contributed by atoms with van der Waals surface area (Å²) in [5, 5.41) is 4.40. The fourth-order valence-electron chi connectivity index (χ4n) is 2.03. The maximum absolute atomic E-state index is 14.0. The van der Waals surface area contributed by atoms with E-state index in [0.29, 0.717) is 21.4 Å². The number of nitrogens with two attached hydrogens (primary N) is 1. The highest BCUT2D eigenvalue weighted by molar-refractivity contribution is 9.10. The highest BCUT2D eigenvalue weighted by atomic mass is 79.9. The lowest BCUT2D eigenvalue weighted by Gasteiger charge is -2.02. The zero-order chi connectivity index (χ0) is 15.0. The Labute approximate surface area is 137 Å². The van der Waals surface area contributed by atoms with Crippen molar-refractivity contribution in [3.8, 4) is 16.9 Å². The van der Waals surface area contributed by atoms with Crippen LogP contribution in [0.2, 0.25) is 0 Å². The number of anilines is 1. The molecule has 0 saturated heterocycles. The van der Waals surface area contributed by atoms with E-state index >= 15 is 0 Å². The molecule has 0 bridgehead atoms. The lowest BCUT2D eigenvalue weighted by Crippen LogP contribution is -1.95. The van der Waals surface area contributed by atoms with Gasteiger partial charge in [0, 0.05) is 14.5 Å². The molecule has 0 aliphatic heterocycles. The van der Waals surface area contributed by atoms with Gasteiger partial charge in [-0.25, -0.2) is 9.07 Å². The molecule has 0 radical (unpaired) electrons. The molecule has 0 saturated carbocycles. The third kappa shape index (κ3) is 2.87. The monoisotopic (exact) mass is 409 g/mol. The van der Waals surface area contributed by atoms with E-state index in [9.17, 15) is 4.39 Å². The van der Waals surface area contributed by atoms with Gasteiger partial charge >= 0.3 is 0 Å². The van der Waals surface area contributed by atoms with Gasteiger partial charge in [-0.15, -0.1) is 0 Å². The van der Waals surface area contributed by atoms with Gasteiger partial charge in [0.2, 0.25) is 0 Å². The molecule has 1 aromatic heterocycles. The molecule has 0 atom stereocenters. The molecule has 0 aliphatic carbocycles. The number of benzene rings is 2. The number of hydrogen-bond acceptors (Lipinski definition) is 2. The molecule has 0 unspecified atom stereocenters. The second-order valence-electron chi connectivity index (χ2n) is 4.48. The van der Waals surface area contributed by atoms with E-state index in [2.05, 4.69) is 37.0 Å². The van der Waals surface area contributed by atoms with Crippen molar-refractivity contribution in [2.24, 2.45) is 0 Å². The third-order valence-corrected chi connectivity index (χ3v) is 3.99. The number of rotatable bonds is 2. The van der Waals surface area contributed by atoms with E-state index in [1.807, 2.05) is 24.3 Å². The average molecular weight is 411 g/mol. The van der Waals surface area contributed by atoms with Crippen LogP contribution < -0.4 is 5.73 Å². The van der Waals surface area contributed by atoms with Crippen LogP contribution in [-0.2, 0) is 0 Å². The van der Waals surface area contributed by atoms with Gasteiger partial charge < -0.3 is 5.73 Å². The fourth-order valence-corrected chi connectivity index (χ4v) is 2.75. The van der Waals surface area contributed by atoms with Crippen molar-refractivity contribution >= 4 is 37.5 Å². The molecule has 2 N–H and O–H groups in total. The van der Waals surface area contributed by atoms with Crippen LogP contribution in [-0.4, -0.2) is 9.78 Å². The molecular weight excluding hydrogens is 401 g/mol. The topological polar surface area (TPSA) is 43.8 Å². The van der Waals surface area contributed by atoms with Crippen LogP contribution in [0.5, 0.6) is 0 Å². The Balaban J connectivity index is 2.10. The average Bonchev–Trinajstić information content (AvgIpc) is 2.81. The predicted molar refractivity (Wildman–Crippen MR) is 88.8 cm³/mol. The Morgan fingerprint density at radius 3 is 2.52 bits per heavy atom. The smallest absolute Gasteiger partial charge is 0.133 e. The van der Waals surface area contributed by atoms with Crippen LogP contribution in [0.3, 0.4) is 0 Å². The normalized spacial score (nSPS) is 10.8. The Kier molecular flexibility index (Phi) is 3.82. The van der Waals surface area contributed by atoms with Gasteiger partial charge in [0.15, 0.2) is 0 Å². The minimum absolute atomic E-state index is 0.365. The first-order valence-corrected chi connectivity index (χ1v) is 7.70. The van der Waals surface area contributed by atoms with Crippen molar-refractivity contribution in [1.29, 1.82) is 0 Å². The van der Waals surface area contributed by atoms with Crippen LogP contribution in [0, 0.1) is 5.82 Å². The van der Waals surface area contributed by atoms with Crippen molar-refractivity contribution in [2.45, 2.75) is 0 Å². The van der Waals surface area contributed by atoms with Gasteiger partial charge in [-0.1, -0.05) is 37.9 Å². The highest BCUT2D eigenvalue weighted by Gasteiger charge is 2.14. The molecule has 6 heteroatoms. The summed E-state index contributed by atoms with van der Waals surface area (Å²) in [6.07, 6.45) is 1.68. The predicted octanol–water partition coefficient (Wildman–Crippen LogP) is 4.79. The molecule has 2 aromatic carbocycles. The lowest BCUT2D eigenvalue weighted by atomic mass is 10.1. The molecule has 21 heavy (non-hydrogen) atoms. The summed E-state index contributed by atoms with van der Waals surface area (Å²) in [4.78, 5) is 0. The molecule has 3 aromatic rings. The zero-order valence-electron chi connectivity index (χ0n) is 10.7. The molecule has 0 fully saturated rings. The van der Waals surface area contributed by atoms with Crippen LogP contribution in [0.25, 0.3) is 16.9 Å². The summed E-state index contributed by atoms with van der Waals surface area (Å²) < 4.78 is 17.3. The Morgan fingerprint density at radius 1 is 1.05 bits per heavy atom. The summed E-state index contributed by atoms with van der Waals surface area (Å²) in [5.41, 5.74) is 8.07. The van der Waals surface area contributed by atoms with Crippen molar-refractivity contribution in [3.05, 3.63) is 63.4 Å². The van der Waals surface area contributed by atoms with Crippen LogP contribution in [0.1, 0.15) is 0 Å². The second-order valence-corrected chi connectivity index (χ2v) is 6.31. The molecular formula is C15H10Br2FN3. The first-order valence-electron chi connectivity index (χ1n) is 6.11. The maximum Gasteiger partial charge on any atom is 0.133 e. The number of nitrogens with zero attached hydrogens (tertiary/aromatic N) is 2. The third-order valence-electron chi connectivity index (χ3n) is 3.00. The van der Waals surface area contributed by atoms with E-state index in [1.165, 1.54) is 6.07 Å². The van der Waals surface area contributed by atoms with Crippen molar-refractivity contribution in [2.75, 3.05) is 5.73 Å². The van der Waals surface area contributed by atoms with E-state index in [1.54, 1.807) is 23.0 Å². The molecule has 106 valence electrons. The lowest BCUT2D eigenvalue weighted by molar-refractivity contribution is 0.629. The Bertz CT molecular complexity index is 814. The fraction of sp³-hybridized carbons (Fsp3) is 0. The van der Waals surface area contributed by atoms with Crippen molar-refractivity contribution in [1.82, 2.24) is 9.78 Å². The zero-order valence-corrected chi connectivity index (χ0v) is 13.9. The number of hydrogen-bond donors (Lipinski definition) is 1. The minimum atomic E-state index is -0.365. The summed E-state index contributed by atoms with van der Waals surface area (Å²) in [5.74, 6) is -0.365. The highest BCUT2D eigenvalue weighted by Crippen LogP contribution is 2.29. The van der Waals surface area contributed by atoms with E-state index < -0.39 is 0 Å². The van der Waals surface area contributed by atoms with Gasteiger partial charge in [-0.3, -0.25) is 0 Å². The van der Waals surface area contributed by atoms with E-state index in [-0.39, 0.29) is 5.82 Å². The summed E-state index contributed by atoms with van der Waals surface area (Å²) in [6.45, 7) is 0. The first-order chi connectivity index (χ1) is 10.0. The van der Waals surface area contributed by atoms with E-state index in [4.69, 9.17) is 5.73 Å². The number of aromatic nitrogens is 2.